The number of benzene rings is 3. The van der Waals surface area contributed by atoms with Crippen LogP contribution < -0.4 is 37.2 Å². The summed E-state index contributed by atoms with van der Waals surface area (Å²) in [6.45, 7) is 12.7. The molecule has 0 radical (unpaired) electrons. The first-order valence-corrected chi connectivity index (χ1v) is 25.2. The van der Waals surface area contributed by atoms with Crippen molar-refractivity contribution in [1.82, 2.24) is 42.1 Å². The molecule has 71 heavy (non-hydrogen) atoms. The van der Waals surface area contributed by atoms with Crippen LogP contribution in [0.25, 0.3) is 0 Å². The van der Waals surface area contributed by atoms with Crippen LogP contribution >= 0.6 is 0 Å². The molecule has 1 aliphatic heterocycles. The molecule has 384 valence electrons. The van der Waals surface area contributed by atoms with E-state index in [9.17, 15) is 38.4 Å². The first-order chi connectivity index (χ1) is 33.7. The second-order valence-electron chi connectivity index (χ2n) is 20.3. The minimum absolute atomic E-state index is 0.00572. The summed E-state index contributed by atoms with van der Waals surface area (Å²) in [5, 5.41) is 20.5. The lowest BCUT2D eigenvalue weighted by molar-refractivity contribution is -0.144. The molecule has 1 heterocycles. The third kappa shape index (κ3) is 15.1. The molecule has 16 nitrogen and oxygen atoms in total. The third-order valence-electron chi connectivity index (χ3n) is 13.9. The number of nitrogens with zero attached hydrogens (tertiary/aromatic N) is 1. The number of likely N-dealkylation sites (N-methyl/N-ethyl adjacent to an activating group) is 2. The summed E-state index contributed by atoms with van der Waals surface area (Å²) >= 11 is 0. The van der Waals surface area contributed by atoms with Crippen LogP contribution in [0.5, 0.6) is 0 Å². The van der Waals surface area contributed by atoms with Crippen molar-refractivity contribution >= 4 is 47.0 Å². The number of likely N-dealkylation sites (tertiary alicyclic amines) is 1. The SMILES string of the molecule is CC[C@H](NC(=O)[C@H](C)NC)C(=O)N[C@@H](CCCC(=O)c1cccc(C(=O)C[C@H]2C[C@@H](C(=O)N[C@@H]3CCCc4ccccc43)N(C(=O)[C@@H](NC(=O)[C@H](C)NC)C(C)(C)C)C2)c1)C(=O)N[C@H](C)c1ccccc1. The number of carbonyl (C=O) groups is 8. The van der Waals surface area contributed by atoms with E-state index in [1.165, 1.54) is 10.5 Å². The average molecular weight is 977 g/mol. The number of hydrogen-bond acceptors (Lipinski definition) is 10. The maximum atomic E-state index is 14.6. The van der Waals surface area contributed by atoms with Crippen LogP contribution in [-0.4, -0.2) is 109 Å². The number of amides is 6. The molecule has 0 bridgehead atoms. The predicted molar refractivity (Wildman–Crippen MR) is 273 cm³/mol. The number of fused-ring (bicyclic) bond motifs is 1. The van der Waals surface area contributed by atoms with E-state index in [0.29, 0.717) is 11.1 Å². The van der Waals surface area contributed by atoms with Gasteiger partial charge in [0.05, 0.1) is 24.2 Å². The van der Waals surface area contributed by atoms with Crippen molar-refractivity contribution in [3.05, 3.63) is 107 Å². The standard InChI is InChI=1S/C55H76N8O8/c1-10-42(59-49(66)34(3)56-8)51(68)61-44(52(69)58-33(2)37-19-12-11-13-20-37)27-18-28-46(64)39-23-16-24-40(31-39)47(65)30-36-29-45(53(70)60-43-26-17-22-38-21-14-15-25-41(38)43)63(32-36)54(71)48(55(5,6)7)62-50(67)35(4)57-9/h11-16,19-21,23-25,31,33-36,42-45,48,56-57H,10,17-18,22,26-30,32H2,1-9H3,(H,58,69)(H,59,66)(H,60,70)(H,61,68)(H,62,67)/t33-,34+,35+,36-,42+,43-,44+,45+,48-/m1/s1. The smallest absolute Gasteiger partial charge is 0.246 e. The van der Waals surface area contributed by atoms with Crippen molar-refractivity contribution in [3.63, 3.8) is 0 Å². The molecular weight excluding hydrogens is 901 g/mol. The number of nitrogens with one attached hydrogen (secondary N) is 7. The van der Waals surface area contributed by atoms with E-state index in [1.54, 1.807) is 59.1 Å². The van der Waals surface area contributed by atoms with E-state index in [2.05, 4.69) is 43.3 Å². The molecule has 2 aliphatic rings. The van der Waals surface area contributed by atoms with Crippen molar-refractivity contribution in [3.8, 4) is 0 Å². The van der Waals surface area contributed by atoms with Crippen molar-refractivity contribution in [2.75, 3.05) is 20.6 Å². The summed E-state index contributed by atoms with van der Waals surface area (Å²) in [5.41, 5.74) is 3.00. The predicted octanol–water partition coefficient (Wildman–Crippen LogP) is 5.03. The zero-order valence-electron chi connectivity index (χ0n) is 43.0. The maximum absolute atomic E-state index is 14.6. The highest BCUT2D eigenvalue weighted by molar-refractivity contribution is 6.02. The lowest BCUT2D eigenvalue weighted by Crippen LogP contribution is -2.59. The Kier molecular flexibility index (Phi) is 20.2. The van der Waals surface area contributed by atoms with E-state index >= 15 is 0 Å². The topological polar surface area (TPSA) is 224 Å². The molecule has 6 amide bonds. The van der Waals surface area contributed by atoms with Crippen LogP contribution in [0.2, 0.25) is 0 Å². The molecule has 0 unspecified atom stereocenters. The Balaban J connectivity index is 1.29. The number of rotatable bonds is 23. The van der Waals surface area contributed by atoms with E-state index in [4.69, 9.17) is 0 Å². The third-order valence-corrected chi connectivity index (χ3v) is 13.9. The Morgan fingerprint density at radius 3 is 1.96 bits per heavy atom. The Morgan fingerprint density at radius 1 is 0.704 bits per heavy atom. The average Bonchev–Trinajstić information content (AvgIpc) is 3.79. The molecule has 1 saturated heterocycles. The van der Waals surface area contributed by atoms with Gasteiger partial charge in [-0.15, -0.1) is 0 Å². The fraction of sp³-hybridized carbons (Fsp3) is 0.527. The molecule has 1 fully saturated rings. The second-order valence-corrected chi connectivity index (χ2v) is 20.3. The van der Waals surface area contributed by atoms with Crippen LogP contribution in [0.15, 0.2) is 78.9 Å². The summed E-state index contributed by atoms with van der Waals surface area (Å²) in [6, 6.07) is 18.4. The Labute approximate surface area is 419 Å². The van der Waals surface area contributed by atoms with Crippen LogP contribution in [0.3, 0.4) is 0 Å². The van der Waals surface area contributed by atoms with Gasteiger partial charge in [0.2, 0.25) is 35.4 Å². The molecule has 3 aromatic rings. The zero-order valence-corrected chi connectivity index (χ0v) is 43.0. The molecule has 3 aromatic carbocycles. The van der Waals surface area contributed by atoms with E-state index in [0.717, 1.165) is 30.4 Å². The molecule has 7 N–H and O–H groups in total. The summed E-state index contributed by atoms with van der Waals surface area (Å²) in [4.78, 5) is 111. The number of Topliss-reactive ketones (excluding diaryl/α,β-unsaturated/α-hetero) is 2. The van der Waals surface area contributed by atoms with E-state index in [-0.39, 0.29) is 86.4 Å². The van der Waals surface area contributed by atoms with Gasteiger partial charge in [-0.05, 0) is 114 Å². The Bertz CT molecular complexity index is 2370. The summed E-state index contributed by atoms with van der Waals surface area (Å²) in [7, 11) is 3.30. The van der Waals surface area contributed by atoms with Crippen molar-refractivity contribution < 1.29 is 38.4 Å². The van der Waals surface area contributed by atoms with Gasteiger partial charge in [-0.25, -0.2) is 0 Å². The van der Waals surface area contributed by atoms with Gasteiger partial charge < -0.3 is 42.1 Å². The van der Waals surface area contributed by atoms with Crippen LogP contribution in [-0.2, 0) is 35.2 Å². The molecule has 0 saturated carbocycles. The van der Waals surface area contributed by atoms with Gasteiger partial charge in [0.15, 0.2) is 11.6 Å². The number of aryl methyl sites for hydroxylation is 1. The first-order valence-electron chi connectivity index (χ1n) is 25.2. The Morgan fingerprint density at radius 2 is 1.31 bits per heavy atom. The largest absolute Gasteiger partial charge is 0.348 e. The highest BCUT2D eigenvalue weighted by atomic mass is 16.2. The minimum atomic E-state index is -1.02. The lowest BCUT2D eigenvalue weighted by Gasteiger charge is -2.36. The molecule has 5 rings (SSSR count). The van der Waals surface area contributed by atoms with Crippen molar-refractivity contribution in [2.45, 2.75) is 155 Å². The molecule has 16 heteroatoms. The van der Waals surface area contributed by atoms with Crippen LogP contribution in [0, 0.1) is 11.3 Å². The normalized spacial score (nSPS) is 19.1. The summed E-state index contributed by atoms with van der Waals surface area (Å²) < 4.78 is 0. The lowest BCUT2D eigenvalue weighted by atomic mass is 9.85. The van der Waals surface area contributed by atoms with E-state index < -0.39 is 65.3 Å². The molecular formula is C55H76N8O8. The highest BCUT2D eigenvalue weighted by Crippen LogP contribution is 2.34. The van der Waals surface area contributed by atoms with Crippen LogP contribution in [0.1, 0.15) is 149 Å². The van der Waals surface area contributed by atoms with Crippen molar-refractivity contribution in [1.29, 1.82) is 0 Å². The van der Waals surface area contributed by atoms with Crippen LogP contribution in [0.4, 0.5) is 0 Å². The molecule has 0 spiro atoms. The van der Waals surface area contributed by atoms with Gasteiger partial charge in [-0.3, -0.25) is 38.4 Å². The monoisotopic (exact) mass is 977 g/mol. The second kappa shape index (κ2) is 25.7. The van der Waals surface area contributed by atoms with Gasteiger partial charge in [-0.2, -0.15) is 0 Å². The van der Waals surface area contributed by atoms with Gasteiger partial charge in [0.1, 0.15) is 24.2 Å². The fourth-order valence-corrected chi connectivity index (χ4v) is 9.27. The molecule has 9 atom stereocenters. The first kappa shape index (κ1) is 55.7. The van der Waals surface area contributed by atoms with Gasteiger partial charge in [-0.1, -0.05) is 100 Å². The van der Waals surface area contributed by atoms with Crippen molar-refractivity contribution in [2.24, 2.45) is 11.3 Å². The maximum Gasteiger partial charge on any atom is 0.246 e. The van der Waals surface area contributed by atoms with Gasteiger partial charge >= 0.3 is 0 Å². The summed E-state index contributed by atoms with van der Waals surface area (Å²) in [6.07, 6.45) is 3.44. The highest BCUT2D eigenvalue weighted by Gasteiger charge is 2.46. The van der Waals surface area contributed by atoms with E-state index in [1.807, 2.05) is 76.2 Å². The number of carbonyl (C=O) groups excluding carboxylic acids is 8. The van der Waals surface area contributed by atoms with Gasteiger partial charge in [0, 0.05) is 30.5 Å². The minimum Gasteiger partial charge on any atom is -0.348 e. The molecule has 1 aliphatic carbocycles. The van der Waals surface area contributed by atoms with Gasteiger partial charge in [0.25, 0.3) is 0 Å². The number of ketones is 2. The zero-order chi connectivity index (χ0) is 52.0. The summed E-state index contributed by atoms with van der Waals surface area (Å²) in [5.74, 6) is -3.30. The molecule has 0 aromatic heterocycles. The number of hydrogen-bond donors (Lipinski definition) is 7. The fourth-order valence-electron chi connectivity index (χ4n) is 9.27. The Hall–Kier alpha value is -6.26. The quantitative estimate of drug-likeness (QED) is 0.0629.